The largest absolute Gasteiger partial charge is 0.464 e. The maximum absolute atomic E-state index is 12.8. The predicted octanol–water partition coefficient (Wildman–Crippen LogP) is 3.61. The molecule has 8 nitrogen and oxygen atoms in total. The van der Waals surface area contributed by atoms with E-state index in [1.807, 2.05) is 50.2 Å². The molecule has 1 aliphatic heterocycles. The van der Waals surface area contributed by atoms with Gasteiger partial charge in [-0.2, -0.15) is 0 Å². The van der Waals surface area contributed by atoms with Gasteiger partial charge < -0.3 is 15.4 Å². The molecule has 2 amide bonds. The smallest absolute Gasteiger partial charge is 0.353 e. The van der Waals surface area contributed by atoms with Crippen LogP contribution in [0.5, 0.6) is 0 Å². The number of carbonyl (C=O) groups excluding carboxylic acids is 4. The van der Waals surface area contributed by atoms with Crippen LogP contribution in [-0.2, 0) is 24.7 Å². The normalized spacial score (nSPS) is 13.1. The fourth-order valence-electron chi connectivity index (χ4n) is 3.82. The summed E-state index contributed by atoms with van der Waals surface area (Å²) in [6, 6.07) is 13.0. The van der Waals surface area contributed by atoms with Gasteiger partial charge in [0.05, 0.1) is 18.3 Å². The Hall–Kier alpha value is -4.20. The molecule has 8 heteroatoms. The van der Waals surface area contributed by atoms with E-state index in [2.05, 4.69) is 28.5 Å². The first-order valence-electron chi connectivity index (χ1n) is 10.4. The van der Waals surface area contributed by atoms with Crippen LogP contribution in [-0.4, -0.2) is 43.1 Å². The van der Waals surface area contributed by atoms with Crippen molar-refractivity contribution in [2.75, 3.05) is 19.5 Å². The zero-order chi connectivity index (χ0) is 25.6. The van der Waals surface area contributed by atoms with E-state index in [9.17, 15) is 19.2 Å². The van der Waals surface area contributed by atoms with Crippen molar-refractivity contribution in [1.82, 2.24) is 10.2 Å². The van der Waals surface area contributed by atoms with Crippen molar-refractivity contribution in [1.29, 1.82) is 0 Å². The molecule has 1 aliphatic rings. The second kappa shape index (κ2) is 10.6. The summed E-state index contributed by atoms with van der Waals surface area (Å²) in [5.41, 5.74) is 3.70. The van der Waals surface area contributed by atoms with Gasteiger partial charge in [-0.3, -0.25) is 19.3 Å². The number of benzene rings is 2. The van der Waals surface area contributed by atoms with Gasteiger partial charge in [-0.1, -0.05) is 37.4 Å². The summed E-state index contributed by atoms with van der Waals surface area (Å²) < 4.78 is 4.30. The lowest BCUT2D eigenvalue weighted by Crippen LogP contribution is -2.38. The molecule has 0 saturated carbocycles. The minimum absolute atomic E-state index is 0.131. The van der Waals surface area contributed by atoms with Gasteiger partial charge in [-0.25, -0.2) is 4.79 Å². The number of hydrogen-bond acceptors (Lipinski definition) is 6. The quantitative estimate of drug-likeness (QED) is 0.385. The zero-order valence-electron chi connectivity index (χ0n) is 20.0. The van der Waals surface area contributed by atoms with Gasteiger partial charge in [0.1, 0.15) is 5.70 Å². The molecule has 0 bridgehead atoms. The highest BCUT2D eigenvalue weighted by atomic mass is 16.5. The molecular weight excluding hydrogens is 434 g/mol. The van der Waals surface area contributed by atoms with E-state index in [0.29, 0.717) is 17.5 Å². The third-order valence-corrected chi connectivity index (χ3v) is 5.34. The number of rotatable bonds is 6. The molecule has 0 radical (unpaired) electrons. The number of methoxy groups -OCH3 is 1. The highest BCUT2D eigenvalue weighted by molar-refractivity contribution is 6.05. The van der Waals surface area contributed by atoms with Crippen molar-refractivity contribution in [3.05, 3.63) is 78.1 Å². The van der Waals surface area contributed by atoms with Crippen LogP contribution in [0.25, 0.3) is 11.1 Å². The van der Waals surface area contributed by atoms with Gasteiger partial charge in [0.2, 0.25) is 5.91 Å². The zero-order valence-corrected chi connectivity index (χ0v) is 20.0. The lowest BCUT2D eigenvalue weighted by molar-refractivity contribution is -0.136. The molecule has 34 heavy (non-hydrogen) atoms. The molecule has 3 rings (SSSR count). The molecule has 1 heterocycles. The van der Waals surface area contributed by atoms with Crippen molar-refractivity contribution in [2.45, 2.75) is 26.3 Å². The van der Waals surface area contributed by atoms with Gasteiger partial charge in [-0.15, -0.1) is 0 Å². The summed E-state index contributed by atoms with van der Waals surface area (Å²) >= 11 is 0. The number of likely N-dealkylation sites (N-methyl/N-ethyl adjacent to an activating group) is 1. The number of hydrogen-bond donors (Lipinski definition) is 2. The van der Waals surface area contributed by atoms with E-state index in [4.69, 9.17) is 0 Å². The fourth-order valence-corrected chi connectivity index (χ4v) is 3.82. The lowest BCUT2D eigenvalue weighted by atomic mass is 9.86. The number of esters is 1. The number of anilines is 1. The Morgan fingerprint density at radius 3 is 2.12 bits per heavy atom. The summed E-state index contributed by atoms with van der Waals surface area (Å²) in [6.45, 7) is 12.3. The molecule has 0 aliphatic carbocycles. The Morgan fingerprint density at radius 1 is 1.06 bits per heavy atom. The molecule has 0 fully saturated rings. The molecule has 178 valence electrons. The number of amides is 2. The van der Waals surface area contributed by atoms with Crippen LogP contribution in [0.4, 0.5) is 5.69 Å². The highest BCUT2D eigenvalue weighted by Crippen LogP contribution is 2.45. The number of ether oxygens (including phenoxy) is 1. The fraction of sp³-hybridized carbons (Fsp3) is 0.231. The van der Waals surface area contributed by atoms with Crippen LogP contribution < -0.4 is 10.6 Å². The number of fused-ring (bicyclic) bond motifs is 1. The summed E-state index contributed by atoms with van der Waals surface area (Å²) in [7, 11) is 2.92. The monoisotopic (exact) mass is 463 g/mol. The van der Waals surface area contributed by atoms with Crippen molar-refractivity contribution in [3.63, 3.8) is 0 Å². The maximum Gasteiger partial charge on any atom is 0.353 e. The number of nitrogens with zero attached hydrogens (tertiary/aromatic N) is 1. The van der Waals surface area contributed by atoms with Gasteiger partial charge >= 0.3 is 5.97 Å². The molecule has 0 saturated heterocycles. The Labute approximate surface area is 199 Å². The minimum atomic E-state index is -0.697. The summed E-state index contributed by atoms with van der Waals surface area (Å²) in [5, 5.41) is 5.28. The average molecular weight is 464 g/mol. The number of nitrogens with one attached hydrogen (secondary N) is 2. The van der Waals surface area contributed by atoms with E-state index in [-0.39, 0.29) is 23.2 Å². The van der Waals surface area contributed by atoms with Crippen LogP contribution in [0.1, 0.15) is 36.7 Å². The van der Waals surface area contributed by atoms with Gasteiger partial charge in [0, 0.05) is 25.2 Å². The molecule has 0 aromatic heterocycles. The predicted molar refractivity (Wildman–Crippen MR) is 131 cm³/mol. The molecule has 0 spiro atoms. The molecular formula is C26H29N3O5. The Morgan fingerprint density at radius 2 is 1.65 bits per heavy atom. The van der Waals surface area contributed by atoms with E-state index < -0.39 is 11.5 Å². The topological polar surface area (TPSA) is 105 Å². The molecule has 0 unspecified atom stereocenters. The summed E-state index contributed by atoms with van der Waals surface area (Å²) in [5.74, 6) is -0.778. The standard InChI is InChI=1S/C21H20N2O3.C5H9NO2/c1-13(12-24)23-20(26)18-7-5-6-17(19(18)21(23,3)4)15-8-10-16(11-9-15)22-14(2)25;1-4(6-2)5(7)8-3/h5-12H,1H2,2-4H3,(H,22,25);6H,1H2,2-3H3. The van der Waals surface area contributed by atoms with E-state index in [0.717, 1.165) is 16.7 Å². The number of carbonyl (C=O) groups is 4. The third kappa shape index (κ3) is 5.23. The van der Waals surface area contributed by atoms with Crippen LogP contribution in [0.2, 0.25) is 0 Å². The number of aldehydes is 1. The van der Waals surface area contributed by atoms with Gasteiger partial charge in [-0.05, 0) is 48.7 Å². The van der Waals surface area contributed by atoms with Crippen molar-refractivity contribution in [2.24, 2.45) is 0 Å². The second-order valence-corrected chi connectivity index (χ2v) is 8.02. The van der Waals surface area contributed by atoms with Crippen molar-refractivity contribution >= 4 is 29.8 Å². The number of allylic oxidation sites excluding steroid dienone is 1. The molecule has 2 aromatic rings. The second-order valence-electron chi connectivity index (χ2n) is 8.02. The van der Waals surface area contributed by atoms with Gasteiger partial charge in [0.25, 0.3) is 5.91 Å². The van der Waals surface area contributed by atoms with E-state index >= 15 is 0 Å². The Kier molecular flexibility index (Phi) is 8.13. The highest BCUT2D eigenvalue weighted by Gasteiger charge is 2.45. The minimum Gasteiger partial charge on any atom is -0.464 e. The SMILES string of the molecule is C=C(C=O)N1C(=O)c2cccc(-c3ccc(NC(C)=O)cc3)c2C1(C)C.C=C(NC)C(=O)OC. The average Bonchev–Trinajstić information content (AvgIpc) is 3.03. The van der Waals surface area contributed by atoms with Gasteiger partial charge in [0.15, 0.2) is 6.29 Å². The van der Waals surface area contributed by atoms with Crippen molar-refractivity contribution < 1.29 is 23.9 Å². The van der Waals surface area contributed by atoms with Crippen LogP contribution >= 0.6 is 0 Å². The third-order valence-electron chi connectivity index (χ3n) is 5.34. The lowest BCUT2D eigenvalue weighted by Gasteiger charge is -2.33. The molecule has 2 N–H and O–H groups in total. The van der Waals surface area contributed by atoms with Crippen LogP contribution in [0.3, 0.4) is 0 Å². The Balaban J connectivity index is 0.000000440. The van der Waals surface area contributed by atoms with Crippen LogP contribution in [0, 0.1) is 0 Å². The maximum atomic E-state index is 12.8. The first-order chi connectivity index (χ1) is 16.0. The summed E-state index contributed by atoms with van der Waals surface area (Å²) in [4.78, 5) is 47.0. The molecule has 0 atom stereocenters. The van der Waals surface area contributed by atoms with E-state index in [1.165, 1.54) is 18.9 Å². The summed E-state index contributed by atoms with van der Waals surface area (Å²) in [6.07, 6.45) is 0.605. The molecule has 2 aromatic carbocycles. The van der Waals surface area contributed by atoms with Crippen molar-refractivity contribution in [3.8, 4) is 11.1 Å². The first kappa shape index (κ1) is 26.1. The van der Waals surface area contributed by atoms with E-state index in [1.54, 1.807) is 13.1 Å². The Bertz CT molecular complexity index is 1140. The first-order valence-corrected chi connectivity index (χ1v) is 10.4. The van der Waals surface area contributed by atoms with Crippen LogP contribution in [0.15, 0.2) is 67.0 Å².